The van der Waals surface area contributed by atoms with Gasteiger partial charge in [0.25, 0.3) is 0 Å². The van der Waals surface area contributed by atoms with E-state index in [-0.39, 0.29) is 11.5 Å². The van der Waals surface area contributed by atoms with Gasteiger partial charge in [-0.1, -0.05) is 19.9 Å². The van der Waals surface area contributed by atoms with Gasteiger partial charge in [0, 0.05) is 11.1 Å². The molecule has 0 amide bonds. The van der Waals surface area contributed by atoms with Crippen LogP contribution in [0.15, 0.2) is 18.2 Å². The Hall–Kier alpha value is -0.960. The molecule has 0 fully saturated rings. The molecule has 0 saturated carbocycles. The highest BCUT2D eigenvalue weighted by molar-refractivity contribution is 5.27. The Morgan fingerprint density at radius 1 is 1.21 bits per heavy atom. The molecular weight excluding hydrogens is 184 g/mol. The molecule has 1 nitrogen and oxygen atoms in total. The van der Waals surface area contributed by atoms with Crippen LogP contribution in [-0.4, -0.2) is 0 Å². The molecule has 2 N–H and O–H groups in total. The van der Waals surface area contributed by atoms with Crippen LogP contribution in [0.4, 0.5) is 8.78 Å². The molecule has 1 atom stereocenters. The summed E-state index contributed by atoms with van der Waals surface area (Å²) in [5.41, 5.74) is 4.89. The molecule has 0 radical (unpaired) electrons. The molecule has 1 aromatic carbocycles. The number of hydrogen-bond donors (Lipinski definition) is 1. The molecule has 0 spiro atoms. The van der Waals surface area contributed by atoms with Gasteiger partial charge in [0.1, 0.15) is 11.6 Å². The lowest BCUT2D eigenvalue weighted by atomic mass is 9.82. The Labute approximate surface area is 82.9 Å². The van der Waals surface area contributed by atoms with Crippen LogP contribution < -0.4 is 5.73 Å². The van der Waals surface area contributed by atoms with Crippen molar-refractivity contribution in [1.29, 1.82) is 0 Å². The van der Waals surface area contributed by atoms with Crippen LogP contribution in [0.25, 0.3) is 0 Å². The highest BCUT2D eigenvalue weighted by atomic mass is 19.1. The van der Waals surface area contributed by atoms with E-state index in [1.54, 1.807) is 6.92 Å². The lowest BCUT2D eigenvalue weighted by Gasteiger charge is -2.30. The summed E-state index contributed by atoms with van der Waals surface area (Å²) in [7, 11) is 0. The number of hydrogen-bond acceptors (Lipinski definition) is 1. The Kier molecular flexibility index (Phi) is 2.90. The molecular formula is C11H15F2N. The van der Waals surface area contributed by atoms with Gasteiger partial charge in [-0.25, -0.2) is 8.78 Å². The maximum Gasteiger partial charge on any atom is 0.131 e. The molecule has 0 saturated heterocycles. The molecule has 78 valence electrons. The lowest BCUT2D eigenvalue weighted by Crippen LogP contribution is -2.40. The minimum atomic E-state index is -0.977. The summed E-state index contributed by atoms with van der Waals surface area (Å²) in [5.74, 6) is -1.19. The van der Waals surface area contributed by atoms with Crippen LogP contribution in [0, 0.1) is 17.6 Å². The predicted molar refractivity (Wildman–Crippen MR) is 52.7 cm³/mol. The summed E-state index contributed by atoms with van der Waals surface area (Å²) in [4.78, 5) is 0. The molecule has 0 bridgehead atoms. The molecule has 1 rings (SSSR count). The van der Waals surface area contributed by atoms with Crippen LogP contribution in [-0.2, 0) is 5.54 Å². The Morgan fingerprint density at radius 2 is 1.64 bits per heavy atom. The van der Waals surface area contributed by atoms with E-state index in [9.17, 15) is 8.78 Å². The third-order valence-electron chi connectivity index (χ3n) is 2.70. The van der Waals surface area contributed by atoms with Gasteiger partial charge in [-0.15, -0.1) is 0 Å². The number of halogens is 2. The Balaban J connectivity index is 3.31. The van der Waals surface area contributed by atoms with E-state index in [4.69, 9.17) is 5.73 Å². The highest BCUT2D eigenvalue weighted by Crippen LogP contribution is 2.30. The van der Waals surface area contributed by atoms with Crippen LogP contribution in [0.2, 0.25) is 0 Å². The zero-order chi connectivity index (χ0) is 10.9. The van der Waals surface area contributed by atoms with Gasteiger partial charge < -0.3 is 5.73 Å². The summed E-state index contributed by atoms with van der Waals surface area (Å²) in [5, 5.41) is 0. The van der Waals surface area contributed by atoms with Crippen molar-refractivity contribution < 1.29 is 8.78 Å². The normalized spacial score (nSPS) is 15.6. The Bertz CT molecular complexity index is 312. The van der Waals surface area contributed by atoms with Crippen molar-refractivity contribution in [2.45, 2.75) is 26.3 Å². The zero-order valence-corrected chi connectivity index (χ0v) is 8.64. The first-order valence-electron chi connectivity index (χ1n) is 4.60. The molecule has 0 heterocycles. The maximum absolute atomic E-state index is 13.4. The number of nitrogens with two attached hydrogens (primary N) is 1. The molecule has 0 aliphatic carbocycles. The third-order valence-corrected chi connectivity index (χ3v) is 2.70. The first-order chi connectivity index (χ1) is 6.37. The molecule has 0 aliphatic rings. The second kappa shape index (κ2) is 3.65. The average Bonchev–Trinajstić information content (AvgIpc) is 2.02. The monoisotopic (exact) mass is 199 g/mol. The van der Waals surface area contributed by atoms with Gasteiger partial charge in [-0.05, 0) is 25.0 Å². The third kappa shape index (κ3) is 1.77. The van der Waals surface area contributed by atoms with Crippen LogP contribution in [0.5, 0.6) is 0 Å². The lowest BCUT2D eigenvalue weighted by molar-refractivity contribution is 0.322. The van der Waals surface area contributed by atoms with Gasteiger partial charge in [0.15, 0.2) is 0 Å². The van der Waals surface area contributed by atoms with Crippen LogP contribution in [0.3, 0.4) is 0 Å². The fraction of sp³-hybridized carbons (Fsp3) is 0.455. The van der Waals surface area contributed by atoms with Crippen molar-refractivity contribution in [2.24, 2.45) is 11.7 Å². The smallest absolute Gasteiger partial charge is 0.131 e. The minimum Gasteiger partial charge on any atom is -0.321 e. The summed E-state index contributed by atoms with van der Waals surface area (Å²) in [6.45, 7) is 5.32. The molecule has 3 heteroatoms. The number of rotatable bonds is 2. The standard InChI is InChI=1S/C11H15F2N/c1-7(2)11(3,14)10-8(12)5-4-6-9(10)13/h4-7H,14H2,1-3H3. The van der Waals surface area contributed by atoms with Crippen molar-refractivity contribution in [3.05, 3.63) is 35.4 Å². The second-order valence-electron chi connectivity index (χ2n) is 4.03. The summed E-state index contributed by atoms with van der Waals surface area (Å²) in [6.07, 6.45) is 0. The minimum absolute atomic E-state index is 0.0324. The van der Waals surface area contributed by atoms with Gasteiger partial charge >= 0.3 is 0 Å². The summed E-state index contributed by atoms with van der Waals surface area (Å²) < 4.78 is 26.8. The van der Waals surface area contributed by atoms with E-state index in [1.807, 2.05) is 13.8 Å². The van der Waals surface area contributed by atoms with Crippen molar-refractivity contribution in [1.82, 2.24) is 0 Å². The van der Waals surface area contributed by atoms with Gasteiger partial charge in [-0.2, -0.15) is 0 Å². The molecule has 14 heavy (non-hydrogen) atoms. The van der Waals surface area contributed by atoms with E-state index >= 15 is 0 Å². The topological polar surface area (TPSA) is 26.0 Å². The van der Waals surface area contributed by atoms with Crippen LogP contribution >= 0.6 is 0 Å². The highest BCUT2D eigenvalue weighted by Gasteiger charge is 2.31. The average molecular weight is 199 g/mol. The fourth-order valence-electron chi connectivity index (χ4n) is 1.30. The fourth-order valence-corrected chi connectivity index (χ4v) is 1.30. The largest absolute Gasteiger partial charge is 0.321 e. The maximum atomic E-state index is 13.4. The van der Waals surface area contributed by atoms with Crippen LogP contribution in [0.1, 0.15) is 26.3 Å². The van der Waals surface area contributed by atoms with Crippen molar-refractivity contribution in [3.8, 4) is 0 Å². The molecule has 1 unspecified atom stereocenters. The SMILES string of the molecule is CC(C)C(C)(N)c1c(F)cccc1F. The summed E-state index contributed by atoms with van der Waals surface area (Å²) in [6, 6.07) is 3.79. The van der Waals surface area contributed by atoms with Gasteiger partial charge in [-0.3, -0.25) is 0 Å². The van der Waals surface area contributed by atoms with E-state index in [1.165, 1.54) is 18.2 Å². The Morgan fingerprint density at radius 3 is 2.00 bits per heavy atom. The van der Waals surface area contributed by atoms with Gasteiger partial charge in [0.2, 0.25) is 0 Å². The van der Waals surface area contributed by atoms with Crippen molar-refractivity contribution in [2.75, 3.05) is 0 Å². The van der Waals surface area contributed by atoms with Crippen molar-refractivity contribution >= 4 is 0 Å². The van der Waals surface area contributed by atoms with E-state index in [0.717, 1.165) is 0 Å². The predicted octanol–water partition coefficient (Wildman–Crippen LogP) is 2.79. The van der Waals surface area contributed by atoms with E-state index in [0.29, 0.717) is 0 Å². The van der Waals surface area contributed by atoms with Crippen molar-refractivity contribution in [3.63, 3.8) is 0 Å². The molecule has 0 aliphatic heterocycles. The number of benzene rings is 1. The molecule has 0 aromatic heterocycles. The molecule has 1 aromatic rings. The van der Waals surface area contributed by atoms with Gasteiger partial charge in [0.05, 0.1) is 0 Å². The first-order valence-corrected chi connectivity index (χ1v) is 4.60. The zero-order valence-electron chi connectivity index (χ0n) is 8.64. The second-order valence-corrected chi connectivity index (χ2v) is 4.03. The van der Waals surface area contributed by atoms with E-state index in [2.05, 4.69) is 0 Å². The van der Waals surface area contributed by atoms with E-state index < -0.39 is 17.2 Å². The quantitative estimate of drug-likeness (QED) is 0.778. The summed E-state index contributed by atoms with van der Waals surface area (Å²) >= 11 is 0. The first kappa shape index (κ1) is 11.1.